The maximum atomic E-state index is 4.67. The first-order valence-electron chi connectivity index (χ1n) is 7.10. The molecule has 4 heteroatoms. The first-order chi connectivity index (χ1) is 10.2. The number of rotatable bonds is 3. The fraction of sp³-hybridized carbons (Fsp3) is 0.235. The van der Waals surface area contributed by atoms with Crippen LogP contribution in [0.25, 0.3) is 22.4 Å². The van der Waals surface area contributed by atoms with Gasteiger partial charge in [0, 0.05) is 24.2 Å². The molecule has 21 heavy (non-hydrogen) atoms. The summed E-state index contributed by atoms with van der Waals surface area (Å²) in [7, 11) is 1.87. The summed E-state index contributed by atoms with van der Waals surface area (Å²) in [5, 5.41) is 4.21. The molecular weight excluding hydrogens is 260 g/mol. The standard InChI is InChI=1S/C17H18N4/c1-11(2)15-10-16(18-3)21-17(20-15)14-9-8-12-6-4-5-7-13(12)19-14/h4-11H,1-3H3,(H,18,20,21). The van der Waals surface area contributed by atoms with E-state index in [1.165, 1.54) is 0 Å². The summed E-state index contributed by atoms with van der Waals surface area (Å²) in [6, 6.07) is 14.1. The van der Waals surface area contributed by atoms with Gasteiger partial charge in [-0.2, -0.15) is 0 Å². The van der Waals surface area contributed by atoms with Gasteiger partial charge in [0.25, 0.3) is 0 Å². The Hall–Kier alpha value is -2.49. The Morgan fingerprint density at radius 2 is 1.76 bits per heavy atom. The van der Waals surface area contributed by atoms with E-state index in [0.717, 1.165) is 28.1 Å². The van der Waals surface area contributed by atoms with Crippen molar-refractivity contribution in [1.29, 1.82) is 0 Å². The van der Waals surface area contributed by atoms with Crippen molar-refractivity contribution in [1.82, 2.24) is 15.0 Å². The molecule has 0 amide bonds. The number of nitrogens with one attached hydrogen (secondary N) is 1. The molecule has 0 aliphatic heterocycles. The Labute approximate surface area is 124 Å². The second-order valence-corrected chi connectivity index (χ2v) is 5.30. The molecular formula is C17H18N4. The van der Waals surface area contributed by atoms with Gasteiger partial charge in [0.15, 0.2) is 5.82 Å². The average molecular weight is 278 g/mol. The zero-order valence-corrected chi connectivity index (χ0v) is 12.5. The summed E-state index contributed by atoms with van der Waals surface area (Å²) in [6.45, 7) is 4.25. The third kappa shape index (κ3) is 2.70. The maximum Gasteiger partial charge on any atom is 0.180 e. The van der Waals surface area contributed by atoms with Crippen LogP contribution in [0, 0.1) is 0 Å². The van der Waals surface area contributed by atoms with E-state index in [4.69, 9.17) is 0 Å². The van der Waals surface area contributed by atoms with E-state index in [1.54, 1.807) is 0 Å². The van der Waals surface area contributed by atoms with Crippen molar-refractivity contribution < 1.29 is 0 Å². The van der Waals surface area contributed by atoms with Crippen LogP contribution in [0.1, 0.15) is 25.5 Å². The molecule has 4 nitrogen and oxygen atoms in total. The van der Waals surface area contributed by atoms with E-state index < -0.39 is 0 Å². The van der Waals surface area contributed by atoms with E-state index in [1.807, 2.05) is 37.4 Å². The van der Waals surface area contributed by atoms with E-state index in [-0.39, 0.29) is 0 Å². The second-order valence-electron chi connectivity index (χ2n) is 5.30. The minimum atomic E-state index is 0.347. The molecule has 3 rings (SSSR count). The number of anilines is 1. The van der Waals surface area contributed by atoms with Gasteiger partial charge in [-0.05, 0) is 18.1 Å². The largest absolute Gasteiger partial charge is 0.373 e. The number of benzene rings is 1. The number of hydrogen-bond donors (Lipinski definition) is 1. The number of pyridine rings is 1. The molecule has 1 N–H and O–H groups in total. The van der Waals surface area contributed by atoms with Crippen molar-refractivity contribution in [3.05, 3.63) is 48.2 Å². The van der Waals surface area contributed by atoms with Crippen LogP contribution in [-0.4, -0.2) is 22.0 Å². The van der Waals surface area contributed by atoms with Gasteiger partial charge in [0.2, 0.25) is 0 Å². The zero-order chi connectivity index (χ0) is 14.8. The van der Waals surface area contributed by atoms with Crippen LogP contribution in [0.2, 0.25) is 0 Å². The first kappa shape index (κ1) is 13.5. The summed E-state index contributed by atoms with van der Waals surface area (Å²) in [5.74, 6) is 1.83. The Morgan fingerprint density at radius 3 is 2.52 bits per heavy atom. The third-order valence-corrected chi connectivity index (χ3v) is 3.42. The van der Waals surface area contributed by atoms with Crippen molar-refractivity contribution in [2.24, 2.45) is 0 Å². The summed E-state index contributed by atoms with van der Waals surface area (Å²) < 4.78 is 0. The lowest BCUT2D eigenvalue weighted by Gasteiger charge is -2.10. The van der Waals surface area contributed by atoms with Crippen LogP contribution in [0.5, 0.6) is 0 Å². The van der Waals surface area contributed by atoms with Crippen LogP contribution in [0.3, 0.4) is 0 Å². The van der Waals surface area contributed by atoms with Gasteiger partial charge in [0.1, 0.15) is 11.5 Å². The minimum Gasteiger partial charge on any atom is -0.373 e. The Morgan fingerprint density at radius 1 is 0.952 bits per heavy atom. The number of fused-ring (bicyclic) bond motifs is 1. The van der Waals surface area contributed by atoms with E-state index in [0.29, 0.717) is 11.7 Å². The number of hydrogen-bond acceptors (Lipinski definition) is 4. The van der Waals surface area contributed by atoms with E-state index in [9.17, 15) is 0 Å². The van der Waals surface area contributed by atoms with Crippen molar-refractivity contribution in [3.8, 4) is 11.5 Å². The predicted molar refractivity (Wildman–Crippen MR) is 86.4 cm³/mol. The smallest absolute Gasteiger partial charge is 0.180 e. The zero-order valence-electron chi connectivity index (χ0n) is 12.5. The summed E-state index contributed by atoms with van der Waals surface area (Å²) in [4.78, 5) is 13.8. The lowest BCUT2D eigenvalue weighted by atomic mass is 10.1. The van der Waals surface area contributed by atoms with E-state index in [2.05, 4.69) is 46.2 Å². The second kappa shape index (κ2) is 5.48. The fourth-order valence-electron chi connectivity index (χ4n) is 2.19. The molecule has 0 aliphatic carbocycles. The minimum absolute atomic E-state index is 0.347. The number of para-hydroxylation sites is 1. The van der Waals surface area contributed by atoms with Gasteiger partial charge >= 0.3 is 0 Å². The van der Waals surface area contributed by atoms with Gasteiger partial charge in [0.05, 0.1) is 5.52 Å². The van der Waals surface area contributed by atoms with Crippen LogP contribution in [0.15, 0.2) is 42.5 Å². The molecule has 0 saturated heterocycles. The monoisotopic (exact) mass is 278 g/mol. The highest BCUT2D eigenvalue weighted by atomic mass is 15.0. The van der Waals surface area contributed by atoms with Gasteiger partial charge < -0.3 is 5.32 Å². The van der Waals surface area contributed by atoms with Crippen LogP contribution in [-0.2, 0) is 0 Å². The van der Waals surface area contributed by atoms with Crippen LogP contribution >= 0.6 is 0 Å². The van der Waals surface area contributed by atoms with Gasteiger partial charge in [-0.1, -0.05) is 38.1 Å². The highest BCUT2D eigenvalue weighted by Crippen LogP contribution is 2.22. The quantitative estimate of drug-likeness (QED) is 0.790. The molecule has 0 aliphatic rings. The summed E-state index contributed by atoms with van der Waals surface area (Å²) >= 11 is 0. The van der Waals surface area contributed by atoms with Crippen molar-refractivity contribution in [2.75, 3.05) is 12.4 Å². The van der Waals surface area contributed by atoms with Gasteiger partial charge in [-0.25, -0.2) is 15.0 Å². The highest BCUT2D eigenvalue weighted by Gasteiger charge is 2.10. The Kier molecular flexibility index (Phi) is 3.52. The highest BCUT2D eigenvalue weighted by molar-refractivity contribution is 5.80. The topological polar surface area (TPSA) is 50.7 Å². The molecule has 2 heterocycles. The molecule has 0 bridgehead atoms. The summed E-state index contributed by atoms with van der Waals surface area (Å²) in [6.07, 6.45) is 0. The Bertz CT molecular complexity index is 781. The predicted octanol–water partition coefficient (Wildman–Crippen LogP) is 3.86. The van der Waals surface area contributed by atoms with E-state index >= 15 is 0 Å². The first-order valence-corrected chi connectivity index (χ1v) is 7.10. The van der Waals surface area contributed by atoms with Gasteiger partial charge in [-0.3, -0.25) is 0 Å². The Balaban J connectivity index is 2.14. The third-order valence-electron chi connectivity index (χ3n) is 3.42. The molecule has 1 aromatic carbocycles. The van der Waals surface area contributed by atoms with Gasteiger partial charge in [-0.15, -0.1) is 0 Å². The fourth-order valence-corrected chi connectivity index (χ4v) is 2.19. The molecule has 0 unspecified atom stereocenters. The molecule has 0 atom stereocenters. The lowest BCUT2D eigenvalue weighted by Crippen LogP contribution is -2.03. The molecule has 0 saturated carbocycles. The van der Waals surface area contributed by atoms with Crippen molar-refractivity contribution >= 4 is 16.7 Å². The molecule has 0 radical (unpaired) electrons. The SMILES string of the molecule is CNc1cc(C(C)C)nc(-c2ccc3ccccc3n2)n1. The van der Waals surface area contributed by atoms with Crippen LogP contribution < -0.4 is 5.32 Å². The molecule has 2 aromatic heterocycles. The molecule has 0 spiro atoms. The average Bonchev–Trinajstić information content (AvgIpc) is 2.53. The van der Waals surface area contributed by atoms with Crippen molar-refractivity contribution in [2.45, 2.75) is 19.8 Å². The normalized spacial score (nSPS) is 11.0. The number of aromatic nitrogens is 3. The maximum absolute atomic E-state index is 4.67. The molecule has 3 aromatic rings. The summed E-state index contributed by atoms with van der Waals surface area (Å²) in [5.41, 5.74) is 2.77. The van der Waals surface area contributed by atoms with Crippen molar-refractivity contribution in [3.63, 3.8) is 0 Å². The molecule has 106 valence electrons. The molecule has 0 fully saturated rings. The van der Waals surface area contributed by atoms with Crippen LogP contribution in [0.4, 0.5) is 5.82 Å². The number of nitrogens with zero attached hydrogens (tertiary/aromatic N) is 3. The lowest BCUT2D eigenvalue weighted by molar-refractivity contribution is 0.817.